The zero-order valence-corrected chi connectivity index (χ0v) is 12.9. The van der Waals surface area contributed by atoms with Crippen molar-refractivity contribution in [1.82, 2.24) is 19.6 Å². The van der Waals surface area contributed by atoms with Crippen LogP contribution in [0.4, 0.5) is 18.9 Å². The van der Waals surface area contributed by atoms with Gasteiger partial charge in [0, 0.05) is 10.7 Å². The van der Waals surface area contributed by atoms with Gasteiger partial charge in [-0.05, 0) is 31.2 Å². The number of rotatable bonds is 3. The Morgan fingerprint density at radius 3 is 2.71 bits per heavy atom. The number of carbonyl (C=O) groups excluding carboxylic acids is 1. The first-order valence-corrected chi connectivity index (χ1v) is 7.02. The molecule has 0 spiro atoms. The smallest absolute Gasteiger partial charge is 0.295 e. The predicted octanol–water partition coefficient (Wildman–Crippen LogP) is 3.42. The second-order valence-electron chi connectivity index (χ2n) is 4.85. The Kier molecular flexibility index (Phi) is 4.10. The van der Waals surface area contributed by atoms with Gasteiger partial charge >= 0.3 is 0 Å². The quantitative estimate of drug-likeness (QED) is 0.781. The monoisotopic (exact) mass is 355 g/mol. The summed E-state index contributed by atoms with van der Waals surface area (Å²) in [4.78, 5) is 19.9. The maximum atomic E-state index is 13.7. The van der Waals surface area contributed by atoms with Gasteiger partial charge in [-0.3, -0.25) is 4.79 Å². The molecule has 3 rings (SSSR count). The van der Waals surface area contributed by atoms with Gasteiger partial charge in [-0.2, -0.15) is 9.50 Å². The molecule has 2 aromatic heterocycles. The van der Waals surface area contributed by atoms with Crippen LogP contribution < -0.4 is 5.32 Å². The highest BCUT2D eigenvalue weighted by atomic mass is 35.5. The van der Waals surface area contributed by atoms with Crippen molar-refractivity contribution in [3.05, 3.63) is 52.3 Å². The average molecular weight is 356 g/mol. The molecule has 1 amide bonds. The van der Waals surface area contributed by atoms with Crippen LogP contribution >= 0.6 is 11.6 Å². The third-order valence-electron chi connectivity index (χ3n) is 3.07. The van der Waals surface area contributed by atoms with Gasteiger partial charge in [-0.25, -0.2) is 18.2 Å². The number of anilines is 1. The van der Waals surface area contributed by atoms with Gasteiger partial charge in [0.15, 0.2) is 0 Å². The number of nitrogens with zero attached hydrogens (tertiary/aromatic N) is 4. The standard InChI is InChI=1S/C14H9ClF3N5O/c1-6-4-10(11(17)18)23-14(19-6)21-12(22-23)13(24)20-9-3-2-7(15)5-8(9)16/h2-5,11H,1H3,(H,20,24). The summed E-state index contributed by atoms with van der Waals surface area (Å²) < 4.78 is 40.6. The molecular weight excluding hydrogens is 347 g/mol. The van der Waals surface area contributed by atoms with Gasteiger partial charge in [-0.1, -0.05) is 11.6 Å². The summed E-state index contributed by atoms with van der Waals surface area (Å²) in [6.07, 6.45) is -2.82. The Bertz CT molecular complexity index is 944. The summed E-state index contributed by atoms with van der Waals surface area (Å²) in [5, 5.41) is 6.14. The van der Waals surface area contributed by atoms with Crippen molar-refractivity contribution in [2.24, 2.45) is 0 Å². The van der Waals surface area contributed by atoms with E-state index in [1.807, 2.05) is 0 Å². The first-order valence-electron chi connectivity index (χ1n) is 6.64. The number of aryl methyl sites for hydroxylation is 1. The molecular formula is C14H9ClF3N5O. The molecule has 2 heterocycles. The first kappa shape index (κ1) is 16.2. The molecule has 0 atom stereocenters. The van der Waals surface area contributed by atoms with Crippen LogP contribution in [0.2, 0.25) is 5.02 Å². The van der Waals surface area contributed by atoms with E-state index in [2.05, 4.69) is 20.4 Å². The van der Waals surface area contributed by atoms with Crippen LogP contribution in [0.15, 0.2) is 24.3 Å². The number of hydrogen-bond donors (Lipinski definition) is 1. The van der Waals surface area contributed by atoms with E-state index in [9.17, 15) is 18.0 Å². The van der Waals surface area contributed by atoms with Crippen LogP contribution in [0.3, 0.4) is 0 Å². The molecule has 0 saturated carbocycles. The van der Waals surface area contributed by atoms with Crippen molar-refractivity contribution in [1.29, 1.82) is 0 Å². The van der Waals surface area contributed by atoms with Gasteiger partial charge < -0.3 is 5.32 Å². The number of hydrogen-bond acceptors (Lipinski definition) is 4. The number of carbonyl (C=O) groups is 1. The number of alkyl halides is 2. The Hall–Kier alpha value is -2.68. The zero-order chi connectivity index (χ0) is 17.4. The van der Waals surface area contributed by atoms with Gasteiger partial charge in [0.05, 0.1) is 5.69 Å². The van der Waals surface area contributed by atoms with E-state index in [1.54, 1.807) is 0 Å². The highest BCUT2D eigenvalue weighted by Crippen LogP contribution is 2.21. The summed E-state index contributed by atoms with van der Waals surface area (Å²) in [6.45, 7) is 1.52. The number of fused-ring (bicyclic) bond motifs is 1. The van der Waals surface area contributed by atoms with Crippen LogP contribution in [0.1, 0.15) is 28.4 Å². The second kappa shape index (κ2) is 6.08. The van der Waals surface area contributed by atoms with Crippen molar-refractivity contribution in [3.63, 3.8) is 0 Å². The zero-order valence-electron chi connectivity index (χ0n) is 12.1. The fraction of sp³-hybridized carbons (Fsp3) is 0.143. The minimum atomic E-state index is -2.82. The third-order valence-corrected chi connectivity index (χ3v) is 3.31. The lowest BCUT2D eigenvalue weighted by atomic mass is 10.3. The van der Waals surface area contributed by atoms with E-state index in [-0.39, 0.29) is 16.5 Å². The molecule has 0 radical (unpaired) electrons. The highest BCUT2D eigenvalue weighted by molar-refractivity contribution is 6.30. The van der Waals surface area contributed by atoms with E-state index in [0.29, 0.717) is 5.69 Å². The molecule has 10 heteroatoms. The number of amides is 1. The van der Waals surface area contributed by atoms with Crippen molar-refractivity contribution in [3.8, 4) is 0 Å². The van der Waals surface area contributed by atoms with E-state index in [0.717, 1.165) is 16.6 Å². The highest BCUT2D eigenvalue weighted by Gasteiger charge is 2.20. The molecule has 0 aliphatic carbocycles. The normalized spacial score (nSPS) is 11.2. The van der Waals surface area contributed by atoms with Crippen LogP contribution in [-0.4, -0.2) is 25.5 Å². The fourth-order valence-electron chi connectivity index (χ4n) is 2.04. The molecule has 0 unspecified atom stereocenters. The molecule has 124 valence electrons. The van der Waals surface area contributed by atoms with Gasteiger partial charge in [0.2, 0.25) is 5.82 Å². The van der Waals surface area contributed by atoms with Crippen molar-refractivity contribution < 1.29 is 18.0 Å². The minimum Gasteiger partial charge on any atom is -0.317 e. The molecule has 24 heavy (non-hydrogen) atoms. The molecule has 3 aromatic rings. The van der Waals surface area contributed by atoms with Crippen LogP contribution in [0.25, 0.3) is 5.78 Å². The second-order valence-corrected chi connectivity index (χ2v) is 5.29. The molecule has 6 nitrogen and oxygen atoms in total. The van der Waals surface area contributed by atoms with Crippen LogP contribution in [0.5, 0.6) is 0 Å². The Balaban J connectivity index is 1.97. The number of benzene rings is 1. The molecule has 0 fully saturated rings. The lowest BCUT2D eigenvalue weighted by Gasteiger charge is -2.04. The maximum Gasteiger partial charge on any atom is 0.295 e. The Labute approximate surface area is 138 Å². The fourth-order valence-corrected chi connectivity index (χ4v) is 2.19. The minimum absolute atomic E-state index is 0.138. The molecule has 1 N–H and O–H groups in total. The molecule has 0 bridgehead atoms. The maximum absolute atomic E-state index is 13.7. The number of nitrogens with one attached hydrogen (secondary N) is 1. The SMILES string of the molecule is Cc1cc(C(F)F)n2nc(C(=O)Nc3ccc(Cl)cc3F)nc2n1. The summed E-state index contributed by atoms with van der Waals surface area (Å²) >= 11 is 5.63. The molecule has 1 aromatic carbocycles. The largest absolute Gasteiger partial charge is 0.317 e. The van der Waals surface area contributed by atoms with Gasteiger partial charge in [0.25, 0.3) is 18.1 Å². The summed E-state index contributed by atoms with van der Waals surface area (Å²) in [5.41, 5.74) is -0.274. The van der Waals surface area contributed by atoms with E-state index in [1.165, 1.54) is 19.1 Å². The number of aromatic nitrogens is 4. The third kappa shape index (κ3) is 3.02. The first-order chi connectivity index (χ1) is 11.3. The summed E-state index contributed by atoms with van der Waals surface area (Å²) in [7, 11) is 0. The Morgan fingerprint density at radius 2 is 2.04 bits per heavy atom. The van der Waals surface area contributed by atoms with Gasteiger partial charge in [-0.15, -0.1) is 5.10 Å². The molecule has 0 aliphatic heterocycles. The van der Waals surface area contributed by atoms with Crippen LogP contribution in [0, 0.1) is 12.7 Å². The van der Waals surface area contributed by atoms with E-state index in [4.69, 9.17) is 11.6 Å². The molecule has 0 aliphatic rings. The average Bonchev–Trinajstić information content (AvgIpc) is 2.92. The Morgan fingerprint density at radius 1 is 1.29 bits per heavy atom. The summed E-state index contributed by atoms with van der Waals surface area (Å²) in [6, 6.07) is 4.82. The molecule has 0 saturated heterocycles. The topological polar surface area (TPSA) is 72.2 Å². The predicted molar refractivity (Wildman–Crippen MR) is 79.8 cm³/mol. The summed E-state index contributed by atoms with van der Waals surface area (Å²) in [5.74, 6) is -2.17. The van der Waals surface area contributed by atoms with Crippen molar-refractivity contribution >= 4 is 29.0 Å². The van der Waals surface area contributed by atoms with Gasteiger partial charge in [0.1, 0.15) is 11.5 Å². The lowest BCUT2D eigenvalue weighted by molar-refractivity contribution is 0.101. The number of halogens is 4. The van der Waals surface area contributed by atoms with Crippen LogP contribution in [-0.2, 0) is 0 Å². The lowest BCUT2D eigenvalue weighted by Crippen LogP contribution is -2.15. The van der Waals surface area contributed by atoms with E-state index < -0.39 is 29.7 Å². The van der Waals surface area contributed by atoms with Crippen molar-refractivity contribution in [2.75, 3.05) is 5.32 Å². The van der Waals surface area contributed by atoms with E-state index >= 15 is 0 Å². The van der Waals surface area contributed by atoms with Crippen molar-refractivity contribution in [2.45, 2.75) is 13.3 Å².